The lowest BCUT2D eigenvalue weighted by Gasteiger charge is -2.26. The SMILES string of the molecule is c1ccc(-c2ccccc2-c2nnc(-c3ccc(N(c4ccccc4)c4ccc(-c5nc6ccccc6nc5-c5ccc(N(c6ccccc6)c6ccc(-c7nnc(-c8ccccc8-c8ccccc8)o7)cc6)cc5)cc4)cc3)o2)cc1. The molecule has 14 aromatic rings. The van der Waals surface area contributed by atoms with Crippen LogP contribution in [0, 0.1) is 0 Å². The topological polar surface area (TPSA) is 110 Å². The van der Waals surface area contributed by atoms with Gasteiger partial charge < -0.3 is 18.6 Å². The van der Waals surface area contributed by atoms with Gasteiger partial charge in [-0.3, -0.25) is 0 Å². The van der Waals surface area contributed by atoms with E-state index in [0.717, 1.165) is 112 Å². The molecule has 0 saturated heterocycles. The number of fused-ring (bicyclic) bond motifs is 1. The monoisotopic (exact) mass is 1060 g/mol. The van der Waals surface area contributed by atoms with E-state index in [2.05, 4.69) is 188 Å². The lowest BCUT2D eigenvalue weighted by molar-refractivity contribution is 0.584. The average Bonchev–Trinajstić information content (AvgIpc) is 4.38. The summed E-state index contributed by atoms with van der Waals surface area (Å²) in [6, 6.07) is 98.9. The fourth-order valence-electron chi connectivity index (χ4n) is 10.5. The number of aromatic nitrogens is 6. The maximum absolute atomic E-state index is 6.35. The van der Waals surface area contributed by atoms with Crippen LogP contribution in [0.5, 0.6) is 0 Å². The molecule has 0 atom stereocenters. The van der Waals surface area contributed by atoms with Gasteiger partial charge in [-0.2, -0.15) is 0 Å². The molecular weight excluding hydrogens is 1010 g/mol. The fraction of sp³-hybridized carbons (Fsp3) is 0. The minimum absolute atomic E-state index is 0.444. The van der Waals surface area contributed by atoms with Crippen LogP contribution in [0.3, 0.4) is 0 Å². The summed E-state index contributed by atoms with van der Waals surface area (Å²) in [5.41, 5.74) is 18.6. The highest BCUT2D eigenvalue weighted by atomic mass is 16.4. The molecule has 0 bridgehead atoms. The van der Waals surface area contributed by atoms with Gasteiger partial charge in [-0.1, -0.05) is 170 Å². The van der Waals surface area contributed by atoms with Crippen LogP contribution < -0.4 is 9.80 Å². The third-order valence-electron chi connectivity index (χ3n) is 14.5. The Labute approximate surface area is 473 Å². The molecule has 0 aliphatic heterocycles. The normalized spacial score (nSPS) is 11.2. The first kappa shape index (κ1) is 49.0. The van der Waals surface area contributed by atoms with Gasteiger partial charge in [0.1, 0.15) is 0 Å². The fourth-order valence-corrected chi connectivity index (χ4v) is 10.5. The molecule has 3 heterocycles. The van der Waals surface area contributed by atoms with Crippen molar-refractivity contribution in [1.29, 1.82) is 0 Å². The van der Waals surface area contributed by atoms with E-state index in [9.17, 15) is 0 Å². The van der Waals surface area contributed by atoms with E-state index in [-0.39, 0.29) is 0 Å². The van der Waals surface area contributed by atoms with E-state index in [0.29, 0.717) is 23.6 Å². The van der Waals surface area contributed by atoms with Gasteiger partial charge in [-0.15, -0.1) is 20.4 Å². The molecule has 0 fully saturated rings. The second-order valence-electron chi connectivity index (χ2n) is 19.6. The molecule has 0 radical (unpaired) electrons. The van der Waals surface area contributed by atoms with Crippen molar-refractivity contribution in [2.45, 2.75) is 0 Å². The van der Waals surface area contributed by atoms with E-state index in [4.69, 9.17) is 18.8 Å². The van der Waals surface area contributed by atoms with Crippen molar-refractivity contribution in [2.24, 2.45) is 0 Å². The van der Waals surface area contributed by atoms with Gasteiger partial charge in [0.2, 0.25) is 23.6 Å². The standard InChI is InChI=1S/C72H48N8O2/c1-5-19-49(20-6-1)61-27-13-15-29-63(61)71-77-75-69(81-71)53-37-45-59(46-38-53)79(55-23-9-3-10-24-55)57-41-33-51(34-42-57)67-68(74-66-32-18-17-31-65(66)73-67)52-35-43-58(44-36-52)80(56-25-11-4-12-26-56)60-47-39-54(40-48-60)70-76-78-72(82-70)64-30-16-14-28-62(64)50-21-7-2-8-22-50/h1-48H. The van der Waals surface area contributed by atoms with Crippen LogP contribution in [0.25, 0.3) is 102 Å². The number of nitrogens with zero attached hydrogens (tertiary/aromatic N) is 8. The molecule has 10 heteroatoms. The van der Waals surface area contributed by atoms with Crippen molar-refractivity contribution in [2.75, 3.05) is 9.80 Å². The molecule has 0 amide bonds. The molecule has 11 aromatic carbocycles. The number of hydrogen-bond acceptors (Lipinski definition) is 10. The Morgan fingerprint density at radius 1 is 0.207 bits per heavy atom. The molecule has 0 N–H and O–H groups in total. The third kappa shape index (κ3) is 9.73. The van der Waals surface area contributed by atoms with Crippen LogP contribution in [-0.4, -0.2) is 30.4 Å². The highest BCUT2D eigenvalue weighted by Gasteiger charge is 2.21. The minimum atomic E-state index is 0.444. The summed E-state index contributed by atoms with van der Waals surface area (Å²) >= 11 is 0. The summed E-state index contributed by atoms with van der Waals surface area (Å²) in [6.07, 6.45) is 0. The molecule has 0 saturated carbocycles. The van der Waals surface area contributed by atoms with Crippen LogP contribution in [0.2, 0.25) is 0 Å². The third-order valence-corrected chi connectivity index (χ3v) is 14.5. The summed E-state index contributed by atoms with van der Waals surface area (Å²) in [5, 5.41) is 18.0. The van der Waals surface area contributed by atoms with Gasteiger partial charge in [0.05, 0.1) is 22.4 Å². The van der Waals surface area contributed by atoms with Crippen molar-refractivity contribution in [3.05, 3.63) is 291 Å². The van der Waals surface area contributed by atoms with Gasteiger partial charge in [0.25, 0.3) is 0 Å². The van der Waals surface area contributed by atoms with Crippen molar-refractivity contribution >= 4 is 45.2 Å². The van der Waals surface area contributed by atoms with Crippen molar-refractivity contribution in [3.63, 3.8) is 0 Å². The molecule has 0 aliphatic carbocycles. The summed E-state index contributed by atoms with van der Waals surface area (Å²) < 4.78 is 12.7. The quantitative estimate of drug-likeness (QED) is 0.104. The molecule has 14 rings (SSSR count). The molecule has 388 valence electrons. The first-order chi connectivity index (χ1) is 40.6. The van der Waals surface area contributed by atoms with Gasteiger partial charge >= 0.3 is 0 Å². The Balaban J connectivity index is 0.753. The van der Waals surface area contributed by atoms with Gasteiger partial charge in [-0.25, -0.2) is 9.97 Å². The van der Waals surface area contributed by atoms with Gasteiger partial charge in [-0.05, 0) is 144 Å². The van der Waals surface area contributed by atoms with E-state index in [1.54, 1.807) is 0 Å². The zero-order valence-electron chi connectivity index (χ0n) is 44.1. The smallest absolute Gasteiger partial charge is 0.248 e. The Morgan fingerprint density at radius 3 is 0.829 bits per heavy atom. The Morgan fingerprint density at radius 2 is 0.476 bits per heavy atom. The van der Waals surface area contributed by atoms with E-state index in [1.165, 1.54) is 0 Å². The van der Waals surface area contributed by atoms with Crippen LogP contribution in [-0.2, 0) is 0 Å². The van der Waals surface area contributed by atoms with E-state index < -0.39 is 0 Å². The molecule has 0 aliphatic rings. The number of hydrogen-bond donors (Lipinski definition) is 0. The largest absolute Gasteiger partial charge is 0.416 e. The average molecular weight is 1060 g/mol. The highest BCUT2D eigenvalue weighted by Crippen LogP contribution is 2.42. The lowest BCUT2D eigenvalue weighted by atomic mass is 10.00. The predicted molar refractivity (Wildman–Crippen MR) is 328 cm³/mol. The van der Waals surface area contributed by atoms with Gasteiger partial charge in [0.15, 0.2) is 0 Å². The molecule has 10 nitrogen and oxygen atoms in total. The summed E-state index contributed by atoms with van der Waals surface area (Å²) in [4.78, 5) is 15.0. The van der Waals surface area contributed by atoms with Crippen molar-refractivity contribution in [3.8, 4) is 90.6 Å². The highest BCUT2D eigenvalue weighted by molar-refractivity contribution is 5.89. The second kappa shape index (κ2) is 21.8. The maximum Gasteiger partial charge on any atom is 0.248 e. The number of para-hydroxylation sites is 4. The first-order valence-electron chi connectivity index (χ1n) is 27.0. The first-order valence-corrected chi connectivity index (χ1v) is 27.0. The van der Waals surface area contributed by atoms with Crippen molar-refractivity contribution < 1.29 is 8.83 Å². The van der Waals surface area contributed by atoms with Crippen LogP contribution >= 0.6 is 0 Å². The Bertz CT molecular complexity index is 4190. The maximum atomic E-state index is 6.35. The van der Waals surface area contributed by atoms with Gasteiger partial charge in [0, 0.05) is 67.5 Å². The molecule has 0 unspecified atom stereocenters. The summed E-state index contributed by atoms with van der Waals surface area (Å²) in [7, 11) is 0. The molecular formula is C72H48N8O2. The zero-order chi connectivity index (χ0) is 54.6. The molecule has 82 heavy (non-hydrogen) atoms. The summed E-state index contributed by atoms with van der Waals surface area (Å²) in [6.45, 7) is 0. The number of anilines is 6. The number of rotatable bonds is 14. The molecule has 3 aromatic heterocycles. The second-order valence-corrected chi connectivity index (χ2v) is 19.6. The zero-order valence-corrected chi connectivity index (χ0v) is 44.1. The lowest BCUT2D eigenvalue weighted by Crippen LogP contribution is -2.10. The van der Waals surface area contributed by atoms with E-state index in [1.807, 2.05) is 133 Å². The number of benzene rings is 11. The predicted octanol–water partition coefficient (Wildman–Crippen LogP) is 18.7. The minimum Gasteiger partial charge on any atom is -0.416 e. The van der Waals surface area contributed by atoms with Crippen LogP contribution in [0.4, 0.5) is 34.1 Å². The summed E-state index contributed by atoms with van der Waals surface area (Å²) in [5.74, 6) is 1.82. The van der Waals surface area contributed by atoms with Crippen LogP contribution in [0.15, 0.2) is 300 Å². The Hall–Kier alpha value is -11.4. The van der Waals surface area contributed by atoms with E-state index >= 15 is 0 Å². The molecule has 0 spiro atoms. The van der Waals surface area contributed by atoms with Crippen LogP contribution in [0.1, 0.15) is 0 Å². The Kier molecular flexibility index (Phi) is 13.0. The van der Waals surface area contributed by atoms with Crippen molar-refractivity contribution in [1.82, 2.24) is 30.4 Å².